The number of carbonyl (C=O) groups is 1. The molecule has 2 aromatic rings. The molecule has 0 saturated carbocycles. The van der Waals surface area contributed by atoms with Crippen molar-refractivity contribution in [2.75, 3.05) is 11.1 Å². The molecule has 0 unspecified atom stereocenters. The number of nitrogens with one attached hydrogen (secondary N) is 1. The molecule has 0 atom stereocenters. The molecule has 1 N–H and O–H groups in total. The zero-order valence-electron chi connectivity index (χ0n) is 12.6. The molecule has 0 aliphatic heterocycles. The van der Waals surface area contributed by atoms with Crippen molar-refractivity contribution in [2.24, 2.45) is 0 Å². The van der Waals surface area contributed by atoms with Crippen LogP contribution in [-0.2, 0) is 11.2 Å². The third-order valence-electron chi connectivity index (χ3n) is 2.96. The number of benzene rings is 1. The molecular weight excluding hydrogens is 300 g/mol. The summed E-state index contributed by atoms with van der Waals surface area (Å²) in [5.41, 5.74) is 3.31. The maximum atomic E-state index is 11.8. The number of anilines is 1. The Hall–Kier alpha value is -1.33. The van der Waals surface area contributed by atoms with Gasteiger partial charge in [-0.25, -0.2) is 4.98 Å². The SMILES string of the molecule is CCc1ccc(-c2csc(NC(=O)CSC(C)C)n2)cc1. The second kappa shape index (κ2) is 7.61. The fourth-order valence-electron chi connectivity index (χ4n) is 1.77. The molecule has 3 nitrogen and oxygen atoms in total. The van der Waals surface area contributed by atoms with E-state index in [9.17, 15) is 4.79 Å². The molecule has 2 rings (SSSR count). The smallest absolute Gasteiger partial charge is 0.236 e. The van der Waals surface area contributed by atoms with E-state index in [0.29, 0.717) is 16.1 Å². The van der Waals surface area contributed by atoms with Crippen molar-refractivity contribution in [1.82, 2.24) is 4.98 Å². The Labute approximate surface area is 134 Å². The Kier molecular flexibility index (Phi) is 5.82. The summed E-state index contributed by atoms with van der Waals surface area (Å²) >= 11 is 3.10. The number of carbonyl (C=O) groups excluding carboxylic acids is 1. The van der Waals surface area contributed by atoms with Crippen molar-refractivity contribution >= 4 is 34.1 Å². The van der Waals surface area contributed by atoms with E-state index >= 15 is 0 Å². The van der Waals surface area contributed by atoms with Crippen LogP contribution >= 0.6 is 23.1 Å². The van der Waals surface area contributed by atoms with Crippen molar-refractivity contribution < 1.29 is 4.79 Å². The first-order valence-electron chi connectivity index (χ1n) is 7.04. The van der Waals surface area contributed by atoms with Crippen LogP contribution < -0.4 is 5.32 Å². The lowest BCUT2D eigenvalue weighted by molar-refractivity contribution is -0.113. The first-order valence-corrected chi connectivity index (χ1v) is 8.97. The summed E-state index contributed by atoms with van der Waals surface area (Å²) in [6.07, 6.45) is 1.03. The molecule has 0 fully saturated rings. The summed E-state index contributed by atoms with van der Waals surface area (Å²) in [4.78, 5) is 16.3. The molecule has 1 heterocycles. The van der Waals surface area contributed by atoms with Crippen LogP contribution in [0.5, 0.6) is 0 Å². The summed E-state index contributed by atoms with van der Waals surface area (Å²) in [6, 6.07) is 8.39. The largest absolute Gasteiger partial charge is 0.301 e. The quantitative estimate of drug-likeness (QED) is 0.855. The van der Waals surface area contributed by atoms with Crippen molar-refractivity contribution in [3.63, 3.8) is 0 Å². The predicted octanol–water partition coefficient (Wildman–Crippen LogP) is 4.45. The average Bonchev–Trinajstić information content (AvgIpc) is 2.93. The second-order valence-corrected chi connectivity index (χ2v) is 7.42. The monoisotopic (exact) mass is 320 g/mol. The summed E-state index contributed by atoms with van der Waals surface area (Å²) in [5.74, 6) is 0.480. The molecule has 0 aliphatic carbocycles. The number of aromatic nitrogens is 1. The Balaban J connectivity index is 1.98. The van der Waals surface area contributed by atoms with Gasteiger partial charge >= 0.3 is 0 Å². The van der Waals surface area contributed by atoms with Crippen LogP contribution in [0.15, 0.2) is 29.6 Å². The molecule has 21 heavy (non-hydrogen) atoms. The minimum absolute atomic E-state index is 0.0101. The lowest BCUT2D eigenvalue weighted by atomic mass is 10.1. The highest BCUT2D eigenvalue weighted by molar-refractivity contribution is 8.00. The molecule has 5 heteroatoms. The van der Waals surface area contributed by atoms with E-state index in [4.69, 9.17) is 0 Å². The summed E-state index contributed by atoms with van der Waals surface area (Å²) in [6.45, 7) is 6.31. The first kappa shape index (κ1) is 16.0. The zero-order valence-corrected chi connectivity index (χ0v) is 14.2. The van der Waals surface area contributed by atoms with Gasteiger partial charge in [-0.2, -0.15) is 0 Å². The minimum atomic E-state index is 0.0101. The first-order chi connectivity index (χ1) is 10.1. The zero-order chi connectivity index (χ0) is 15.2. The number of rotatable bonds is 6. The number of nitrogens with zero attached hydrogens (tertiary/aromatic N) is 1. The van der Waals surface area contributed by atoms with Gasteiger partial charge in [-0.15, -0.1) is 23.1 Å². The summed E-state index contributed by atoms with van der Waals surface area (Å²) in [5, 5.41) is 5.96. The number of thioether (sulfide) groups is 1. The molecule has 112 valence electrons. The molecule has 0 radical (unpaired) electrons. The van der Waals surface area contributed by atoms with Gasteiger partial charge in [-0.05, 0) is 17.2 Å². The summed E-state index contributed by atoms with van der Waals surface area (Å²) in [7, 11) is 0. The van der Waals surface area contributed by atoms with Gasteiger partial charge in [0, 0.05) is 10.9 Å². The van der Waals surface area contributed by atoms with E-state index in [-0.39, 0.29) is 5.91 Å². The van der Waals surface area contributed by atoms with E-state index < -0.39 is 0 Å². The van der Waals surface area contributed by atoms with Gasteiger partial charge in [0.2, 0.25) is 5.91 Å². The third kappa shape index (κ3) is 4.86. The Morgan fingerprint density at radius 2 is 2.05 bits per heavy atom. The maximum Gasteiger partial charge on any atom is 0.236 e. The van der Waals surface area contributed by atoms with E-state index in [1.54, 1.807) is 11.8 Å². The number of amides is 1. The van der Waals surface area contributed by atoms with Gasteiger partial charge in [0.1, 0.15) is 0 Å². The molecule has 0 bridgehead atoms. The highest BCUT2D eigenvalue weighted by atomic mass is 32.2. The van der Waals surface area contributed by atoms with E-state index in [0.717, 1.165) is 17.7 Å². The van der Waals surface area contributed by atoms with Crippen LogP contribution in [0.4, 0.5) is 5.13 Å². The molecule has 0 aliphatic rings. The van der Waals surface area contributed by atoms with Crippen LogP contribution in [0.2, 0.25) is 0 Å². The molecule has 1 aromatic carbocycles. The second-order valence-electron chi connectivity index (χ2n) is 5.00. The number of hydrogen-bond donors (Lipinski definition) is 1. The average molecular weight is 320 g/mol. The topological polar surface area (TPSA) is 42.0 Å². The predicted molar refractivity (Wildman–Crippen MR) is 93.2 cm³/mol. The van der Waals surface area contributed by atoms with Crippen molar-refractivity contribution in [3.8, 4) is 11.3 Å². The lowest BCUT2D eigenvalue weighted by Crippen LogP contribution is -2.15. The Bertz CT molecular complexity index is 591. The standard InChI is InChI=1S/C16H20N2OS2/c1-4-12-5-7-13(8-6-12)14-9-21-16(17-14)18-15(19)10-20-11(2)3/h5-9,11H,4,10H2,1-3H3,(H,17,18,19). The Morgan fingerprint density at radius 3 is 2.67 bits per heavy atom. The van der Waals surface area contributed by atoms with Crippen molar-refractivity contribution in [2.45, 2.75) is 32.4 Å². The maximum absolute atomic E-state index is 11.8. The molecule has 1 amide bonds. The van der Waals surface area contributed by atoms with Gasteiger partial charge in [0.25, 0.3) is 0 Å². The number of hydrogen-bond acceptors (Lipinski definition) is 4. The van der Waals surface area contributed by atoms with E-state index in [2.05, 4.69) is 55.3 Å². The van der Waals surface area contributed by atoms with Crippen molar-refractivity contribution in [3.05, 3.63) is 35.2 Å². The molecule has 1 aromatic heterocycles. The van der Waals surface area contributed by atoms with Crippen molar-refractivity contribution in [1.29, 1.82) is 0 Å². The van der Waals surface area contributed by atoms with Gasteiger partial charge in [0.05, 0.1) is 11.4 Å². The highest BCUT2D eigenvalue weighted by Gasteiger charge is 2.09. The molecule has 0 saturated heterocycles. The number of thiazole rings is 1. The fraction of sp³-hybridized carbons (Fsp3) is 0.375. The fourth-order valence-corrected chi connectivity index (χ4v) is 3.07. The van der Waals surface area contributed by atoms with Crippen LogP contribution in [0.3, 0.4) is 0 Å². The number of aryl methyl sites for hydroxylation is 1. The normalized spacial score (nSPS) is 10.9. The highest BCUT2D eigenvalue weighted by Crippen LogP contribution is 2.25. The van der Waals surface area contributed by atoms with E-state index in [1.807, 2.05) is 5.38 Å². The van der Waals surface area contributed by atoms with Gasteiger partial charge in [0.15, 0.2) is 5.13 Å². The summed E-state index contributed by atoms with van der Waals surface area (Å²) < 4.78 is 0. The van der Waals surface area contributed by atoms with Gasteiger partial charge in [-0.3, -0.25) is 4.79 Å². The Morgan fingerprint density at radius 1 is 1.33 bits per heavy atom. The third-order valence-corrected chi connectivity index (χ3v) is 4.81. The van der Waals surface area contributed by atoms with Crippen LogP contribution in [0.1, 0.15) is 26.3 Å². The molecule has 0 spiro atoms. The minimum Gasteiger partial charge on any atom is -0.301 e. The van der Waals surface area contributed by atoms with Gasteiger partial charge < -0.3 is 5.32 Å². The molecular formula is C16H20N2OS2. The van der Waals surface area contributed by atoms with Crippen LogP contribution in [-0.4, -0.2) is 21.9 Å². The van der Waals surface area contributed by atoms with Crippen LogP contribution in [0.25, 0.3) is 11.3 Å². The van der Waals surface area contributed by atoms with E-state index in [1.165, 1.54) is 16.9 Å². The van der Waals surface area contributed by atoms with Gasteiger partial charge in [-0.1, -0.05) is 45.0 Å². The van der Waals surface area contributed by atoms with Crippen LogP contribution in [0, 0.1) is 0 Å². The lowest BCUT2D eigenvalue weighted by Gasteiger charge is -2.04.